The van der Waals surface area contributed by atoms with Crippen molar-refractivity contribution in [1.82, 2.24) is 15.1 Å². The van der Waals surface area contributed by atoms with Gasteiger partial charge in [0.15, 0.2) is 5.17 Å². The van der Waals surface area contributed by atoms with Crippen LogP contribution in [-0.2, 0) is 4.74 Å². The number of aliphatic imine (C=N–C) groups is 1. The summed E-state index contributed by atoms with van der Waals surface area (Å²) in [6.45, 7) is 4.61. The van der Waals surface area contributed by atoms with Crippen LogP contribution >= 0.6 is 11.8 Å². The molecule has 1 amide bonds. The van der Waals surface area contributed by atoms with E-state index in [9.17, 15) is 9.59 Å². The van der Waals surface area contributed by atoms with E-state index in [2.05, 4.69) is 15.4 Å². The van der Waals surface area contributed by atoms with E-state index in [0.29, 0.717) is 28.6 Å². The summed E-state index contributed by atoms with van der Waals surface area (Å²) in [6, 6.07) is 7.01. The Morgan fingerprint density at radius 2 is 2.08 bits per heavy atom. The molecule has 25 heavy (non-hydrogen) atoms. The number of amides is 1. The van der Waals surface area contributed by atoms with Gasteiger partial charge in [-0.2, -0.15) is 5.10 Å². The minimum atomic E-state index is -0.392. The number of aromatic nitrogens is 2. The summed E-state index contributed by atoms with van der Waals surface area (Å²) in [5.41, 5.74) is 2.42. The average molecular weight is 358 g/mol. The summed E-state index contributed by atoms with van der Waals surface area (Å²) < 4.78 is 6.66. The Morgan fingerprint density at radius 3 is 2.72 bits per heavy atom. The summed E-state index contributed by atoms with van der Waals surface area (Å²) in [4.78, 5) is 28.3. The third-order valence-electron chi connectivity index (χ3n) is 3.69. The highest BCUT2D eigenvalue weighted by Gasteiger charge is 2.17. The number of nitrogens with zero attached hydrogens (tertiary/aromatic N) is 3. The highest BCUT2D eigenvalue weighted by molar-refractivity contribution is 8.14. The van der Waals surface area contributed by atoms with Gasteiger partial charge >= 0.3 is 5.97 Å². The van der Waals surface area contributed by atoms with Crippen molar-refractivity contribution >= 4 is 28.8 Å². The Hall–Kier alpha value is -2.61. The molecule has 1 aliphatic heterocycles. The van der Waals surface area contributed by atoms with Gasteiger partial charge in [-0.15, -0.1) is 0 Å². The molecule has 0 bridgehead atoms. The molecule has 3 rings (SSSR count). The van der Waals surface area contributed by atoms with Crippen molar-refractivity contribution in [3.8, 4) is 5.69 Å². The predicted octanol–water partition coefficient (Wildman–Crippen LogP) is 2.19. The van der Waals surface area contributed by atoms with E-state index in [1.807, 2.05) is 0 Å². The van der Waals surface area contributed by atoms with E-state index in [4.69, 9.17) is 4.74 Å². The molecule has 0 radical (unpaired) electrons. The van der Waals surface area contributed by atoms with Crippen LogP contribution in [0.5, 0.6) is 0 Å². The molecule has 0 saturated heterocycles. The number of nitrogens with one attached hydrogen (secondary N) is 1. The first kappa shape index (κ1) is 17.2. The fourth-order valence-electron chi connectivity index (χ4n) is 2.41. The number of thioether (sulfide) groups is 1. The Kier molecular flexibility index (Phi) is 5.18. The molecule has 0 fully saturated rings. The topological polar surface area (TPSA) is 85.6 Å². The smallest absolute Gasteiger partial charge is 0.341 e. The predicted molar refractivity (Wildman–Crippen MR) is 96.5 cm³/mol. The average Bonchev–Trinajstić information content (AvgIpc) is 3.25. The van der Waals surface area contributed by atoms with Crippen molar-refractivity contribution in [3.63, 3.8) is 0 Å². The summed E-state index contributed by atoms with van der Waals surface area (Å²) in [5.74, 6) is 0.317. The minimum Gasteiger partial charge on any atom is -0.462 e. The SMILES string of the molecule is CCOC(=O)c1cnn(-c2ccc(C(=O)NC3=NCCS3)cc2)c1C. The molecule has 0 spiro atoms. The summed E-state index contributed by atoms with van der Waals surface area (Å²) in [7, 11) is 0. The van der Waals surface area contributed by atoms with Crippen molar-refractivity contribution in [2.75, 3.05) is 18.9 Å². The summed E-state index contributed by atoms with van der Waals surface area (Å²) in [6.07, 6.45) is 1.49. The van der Waals surface area contributed by atoms with Crippen LogP contribution < -0.4 is 5.32 Å². The van der Waals surface area contributed by atoms with Gasteiger partial charge in [-0.1, -0.05) is 11.8 Å². The monoisotopic (exact) mass is 358 g/mol. The van der Waals surface area contributed by atoms with Crippen LogP contribution in [0.4, 0.5) is 0 Å². The second-order valence-electron chi connectivity index (χ2n) is 5.31. The van der Waals surface area contributed by atoms with Crippen LogP contribution in [0.1, 0.15) is 33.3 Å². The third kappa shape index (κ3) is 3.74. The van der Waals surface area contributed by atoms with Gasteiger partial charge in [0.25, 0.3) is 5.91 Å². The highest BCUT2D eigenvalue weighted by Crippen LogP contribution is 2.16. The molecule has 1 aromatic heterocycles. The van der Waals surface area contributed by atoms with Gasteiger partial charge < -0.3 is 10.1 Å². The maximum Gasteiger partial charge on any atom is 0.341 e. The Morgan fingerprint density at radius 1 is 1.32 bits per heavy atom. The van der Waals surface area contributed by atoms with Gasteiger partial charge in [-0.05, 0) is 38.1 Å². The maximum absolute atomic E-state index is 12.2. The van der Waals surface area contributed by atoms with E-state index in [1.54, 1.807) is 42.8 Å². The number of benzene rings is 1. The molecule has 0 atom stereocenters. The maximum atomic E-state index is 12.2. The van der Waals surface area contributed by atoms with E-state index in [0.717, 1.165) is 18.0 Å². The second-order valence-corrected chi connectivity index (χ2v) is 6.40. The number of rotatable bonds is 4. The van der Waals surface area contributed by atoms with Crippen LogP contribution in [0.15, 0.2) is 35.5 Å². The van der Waals surface area contributed by atoms with E-state index < -0.39 is 5.97 Å². The number of carbonyl (C=O) groups excluding carboxylic acids is 2. The molecule has 0 aliphatic carbocycles. The van der Waals surface area contributed by atoms with Crippen molar-refractivity contribution < 1.29 is 14.3 Å². The molecule has 0 unspecified atom stereocenters. The Balaban J connectivity index is 1.76. The van der Waals surface area contributed by atoms with Crippen molar-refractivity contribution in [1.29, 1.82) is 0 Å². The number of hydrogen-bond acceptors (Lipinski definition) is 6. The van der Waals surface area contributed by atoms with Crippen molar-refractivity contribution in [2.45, 2.75) is 13.8 Å². The van der Waals surface area contributed by atoms with E-state index in [1.165, 1.54) is 18.0 Å². The zero-order valence-corrected chi connectivity index (χ0v) is 14.8. The molecule has 7 nitrogen and oxygen atoms in total. The second kappa shape index (κ2) is 7.52. The molecular formula is C17H18N4O3S. The van der Waals surface area contributed by atoms with Crippen LogP contribution in [-0.4, -0.2) is 45.7 Å². The lowest BCUT2D eigenvalue weighted by atomic mass is 10.2. The van der Waals surface area contributed by atoms with Crippen LogP contribution in [0.2, 0.25) is 0 Å². The van der Waals surface area contributed by atoms with Crippen molar-refractivity contribution in [3.05, 3.63) is 47.3 Å². The van der Waals surface area contributed by atoms with Crippen LogP contribution in [0, 0.1) is 6.92 Å². The molecule has 2 aromatic rings. The van der Waals surface area contributed by atoms with Gasteiger partial charge in [-0.25, -0.2) is 9.48 Å². The van der Waals surface area contributed by atoms with Gasteiger partial charge in [0.05, 0.1) is 30.7 Å². The van der Waals surface area contributed by atoms with Gasteiger partial charge in [0.2, 0.25) is 0 Å². The standard InChI is InChI=1S/C17H18N4O3S/c1-3-24-16(23)14-10-19-21(11(14)2)13-6-4-12(5-7-13)15(22)20-17-18-8-9-25-17/h4-7,10H,3,8-9H2,1-2H3,(H,18,20,22). The van der Waals surface area contributed by atoms with Gasteiger partial charge in [-0.3, -0.25) is 9.79 Å². The summed E-state index contributed by atoms with van der Waals surface area (Å²) >= 11 is 1.54. The zero-order valence-electron chi connectivity index (χ0n) is 14.0. The zero-order chi connectivity index (χ0) is 17.8. The first-order valence-corrected chi connectivity index (χ1v) is 8.89. The molecule has 1 aliphatic rings. The molecule has 1 aromatic carbocycles. The molecule has 1 N–H and O–H groups in total. The Bertz CT molecular complexity index is 827. The van der Waals surface area contributed by atoms with Gasteiger partial charge in [0.1, 0.15) is 5.56 Å². The van der Waals surface area contributed by atoms with E-state index in [-0.39, 0.29) is 5.91 Å². The number of hydrogen-bond donors (Lipinski definition) is 1. The number of carbonyl (C=O) groups is 2. The number of amidine groups is 1. The first-order chi connectivity index (χ1) is 12.1. The molecule has 0 saturated carbocycles. The lowest BCUT2D eigenvalue weighted by Gasteiger charge is -2.07. The lowest BCUT2D eigenvalue weighted by molar-refractivity contribution is 0.0525. The molecule has 8 heteroatoms. The largest absolute Gasteiger partial charge is 0.462 e. The van der Waals surface area contributed by atoms with Crippen molar-refractivity contribution in [2.24, 2.45) is 4.99 Å². The number of esters is 1. The fraction of sp³-hybridized carbons (Fsp3) is 0.294. The lowest BCUT2D eigenvalue weighted by Crippen LogP contribution is -2.27. The molecule has 130 valence electrons. The fourth-order valence-corrected chi connectivity index (χ4v) is 3.14. The number of ether oxygens (including phenoxy) is 1. The minimum absolute atomic E-state index is 0.191. The van der Waals surface area contributed by atoms with Crippen LogP contribution in [0.3, 0.4) is 0 Å². The Labute approximate surface area is 149 Å². The third-order valence-corrected chi connectivity index (χ3v) is 4.58. The highest BCUT2D eigenvalue weighted by atomic mass is 32.2. The van der Waals surface area contributed by atoms with Crippen LogP contribution in [0.25, 0.3) is 5.69 Å². The normalized spacial score (nSPS) is 13.4. The first-order valence-electron chi connectivity index (χ1n) is 7.91. The summed E-state index contributed by atoms with van der Waals surface area (Å²) in [5, 5.41) is 7.69. The van der Waals surface area contributed by atoms with E-state index >= 15 is 0 Å². The molecule has 2 heterocycles. The van der Waals surface area contributed by atoms with Gasteiger partial charge in [0, 0.05) is 11.3 Å². The molecular weight excluding hydrogens is 340 g/mol. The quantitative estimate of drug-likeness (QED) is 0.847.